The summed E-state index contributed by atoms with van der Waals surface area (Å²) in [5.41, 5.74) is 1.68. The minimum atomic E-state index is -0.345. The molecule has 4 saturated carbocycles. The van der Waals surface area contributed by atoms with Gasteiger partial charge in [0.15, 0.2) is 0 Å². The summed E-state index contributed by atoms with van der Waals surface area (Å²) < 4.78 is 0. The minimum Gasteiger partial charge on any atom is -0.393 e. The van der Waals surface area contributed by atoms with Crippen molar-refractivity contribution in [1.82, 2.24) is 10.2 Å². The molecule has 0 bridgehead atoms. The van der Waals surface area contributed by atoms with Crippen LogP contribution in [-0.2, 0) is 4.84 Å². The lowest BCUT2D eigenvalue weighted by Crippen LogP contribution is -2.54. The Bertz CT molecular complexity index is 796. The number of nitrogens with zero attached hydrogens (tertiary/aromatic N) is 2. The van der Waals surface area contributed by atoms with Gasteiger partial charge in [-0.25, -0.2) is 4.79 Å². The van der Waals surface area contributed by atoms with Gasteiger partial charge in [-0.15, -0.1) is 0 Å². The molecule has 0 aromatic heterocycles. The van der Waals surface area contributed by atoms with Crippen LogP contribution in [0.15, 0.2) is 5.16 Å². The number of nitrogens with one attached hydrogen (secondary N) is 1. The average molecular weight is 474 g/mol. The highest BCUT2D eigenvalue weighted by Crippen LogP contribution is 2.67. The molecule has 0 radical (unpaired) electrons. The Labute approximate surface area is 206 Å². The summed E-state index contributed by atoms with van der Waals surface area (Å²) in [6.07, 6.45) is 12.7. The first kappa shape index (κ1) is 24.5. The maximum atomic E-state index is 12.5. The first-order valence-corrected chi connectivity index (χ1v) is 14.1. The van der Waals surface area contributed by atoms with E-state index in [2.05, 4.69) is 31.2 Å². The summed E-state index contributed by atoms with van der Waals surface area (Å²) in [4.78, 5) is 19.6. The molecule has 192 valence electrons. The second-order valence-electron chi connectivity index (χ2n) is 13.0. The van der Waals surface area contributed by atoms with Crippen LogP contribution in [0.25, 0.3) is 0 Å². The Morgan fingerprint density at radius 2 is 1.82 bits per heavy atom. The van der Waals surface area contributed by atoms with Gasteiger partial charge in [0.1, 0.15) is 0 Å². The highest BCUT2D eigenvalue weighted by atomic mass is 16.7. The molecule has 0 aromatic rings. The van der Waals surface area contributed by atoms with Gasteiger partial charge in [-0.05, 0) is 119 Å². The standard InChI is InChI=1S/C28H47N3O3/c1-18(30-34-26(33)31(4)17-20-6-5-15-29-20)23-9-10-24-22-8-7-19-16-21(32)11-13-27(19,2)25(22)12-14-28(23,24)3/h19-25,29,32H,5-17H2,1-4H3/b30-18+/t19-,20?,21-,22+,23-,24+,25+,27+,28-/m1/s1. The summed E-state index contributed by atoms with van der Waals surface area (Å²) in [6.45, 7) is 8.85. The molecule has 4 aliphatic carbocycles. The lowest BCUT2D eigenvalue weighted by Gasteiger charge is -2.61. The topological polar surface area (TPSA) is 74.2 Å². The van der Waals surface area contributed by atoms with Gasteiger partial charge in [0.2, 0.25) is 0 Å². The summed E-state index contributed by atoms with van der Waals surface area (Å²) in [6, 6.07) is 0.372. The SMILES string of the molecule is C/C(=N\OC(=O)N(C)CC1CCCN1)[C@H]1CC[C@H]2[C@@H]3CC[C@@H]4C[C@H](O)CC[C@]4(C)[C@H]3CC[C@]12C. The Hall–Kier alpha value is -1.14. The fraction of sp³-hybridized carbons (Fsp3) is 0.929. The molecular formula is C28H47N3O3. The number of hydrogen-bond donors (Lipinski definition) is 2. The van der Waals surface area contributed by atoms with Crippen LogP contribution in [-0.4, -0.2) is 54.1 Å². The Kier molecular flexibility index (Phi) is 6.78. The molecule has 6 nitrogen and oxygen atoms in total. The quantitative estimate of drug-likeness (QED) is 0.334. The first-order chi connectivity index (χ1) is 16.2. The molecule has 34 heavy (non-hydrogen) atoms. The predicted octanol–water partition coefficient (Wildman–Crippen LogP) is 5.20. The molecule has 0 spiro atoms. The fourth-order valence-corrected chi connectivity index (χ4v) is 9.48. The van der Waals surface area contributed by atoms with Gasteiger partial charge in [0.25, 0.3) is 0 Å². The Balaban J connectivity index is 1.23. The van der Waals surface area contributed by atoms with Crippen LogP contribution in [0.2, 0.25) is 0 Å². The van der Waals surface area contributed by atoms with E-state index < -0.39 is 0 Å². The predicted molar refractivity (Wildman–Crippen MR) is 134 cm³/mol. The molecule has 9 atom stereocenters. The van der Waals surface area contributed by atoms with Crippen LogP contribution >= 0.6 is 0 Å². The normalized spacial score (nSPS) is 46.4. The van der Waals surface area contributed by atoms with E-state index in [0.717, 1.165) is 55.7 Å². The zero-order chi connectivity index (χ0) is 24.1. The van der Waals surface area contributed by atoms with E-state index in [0.29, 0.717) is 29.8 Å². The van der Waals surface area contributed by atoms with Crippen LogP contribution in [0.1, 0.15) is 91.4 Å². The number of fused-ring (bicyclic) bond motifs is 5. The third-order valence-electron chi connectivity index (χ3n) is 11.4. The third-order valence-corrected chi connectivity index (χ3v) is 11.4. The van der Waals surface area contributed by atoms with Gasteiger partial charge >= 0.3 is 6.09 Å². The van der Waals surface area contributed by atoms with Crippen LogP contribution < -0.4 is 5.32 Å². The summed E-state index contributed by atoms with van der Waals surface area (Å²) in [5, 5.41) is 18.1. The molecule has 1 aliphatic heterocycles. The number of rotatable bonds is 4. The largest absolute Gasteiger partial charge is 0.435 e. The van der Waals surface area contributed by atoms with Crippen LogP contribution in [0.5, 0.6) is 0 Å². The smallest absolute Gasteiger partial charge is 0.393 e. The zero-order valence-corrected chi connectivity index (χ0v) is 21.9. The van der Waals surface area contributed by atoms with Crippen molar-refractivity contribution in [1.29, 1.82) is 0 Å². The van der Waals surface area contributed by atoms with Crippen molar-refractivity contribution in [2.75, 3.05) is 20.1 Å². The highest BCUT2D eigenvalue weighted by molar-refractivity contribution is 5.85. The number of aliphatic hydroxyl groups excluding tert-OH is 1. The van der Waals surface area contributed by atoms with Gasteiger partial charge < -0.3 is 15.3 Å². The maximum absolute atomic E-state index is 12.5. The number of likely N-dealkylation sites (N-methyl/N-ethyl adjacent to an activating group) is 1. The van der Waals surface area contributed by atoms with Gasteiger partial charge in [-0.1, -0.05) is 19.0 Å². The Morgan fingerprint density at radius 1 is 1.06 bits per heavy atom. The van der Waals surface area contributed by atoms with Crippen LogP contribution in [0.3, 0.4) is 0 Å². The van der Waals surface area contributed by atoms with Gasteiger partial charge in [0, 0.05) is 25.6 Å². The molecule has 5 rings (SSSR count). The van der Waals surface area contributed by atoms with E-state index in [1.54, 1.807) is 4.90 Å². The molecule has 1 heterocycles. The molecule has 1 unspecified atom stereocenters. The number of oxime groups is 1. The van der Waals surface area contributed by atoms with Gasteiger partial charge in [-0.3, -0.25) is 4.84 Å². The average Bonchev–Trinajstić information content (AvgIpc) is 3.44. The molecule has 1 amide bonds. The lowest BCUT2D eigenvalue weighted by molar-refractivity contribution is -0.123. The van der Waals surface area contributed by atoms with Crippen molar-refractivity contribution in [3.8, 4) is 0 Å². The summed E-state index contributed by atoms with van der Waals surface area (Å²) >= 11 is 0. The second kappa shape index (κ2) is 9.38. The first-order valence-electron chi connectivity index (χ1n) is 14.1. The van der Waals surface area contributed by atoms with E-state index in [1.807, 2.05) is 7.05 Å². The van der Waals surface area contributed by atoms with Gasteiger partial charge in [-0.2, -0.15) is 0 Å². The number of aliphatic hydroxyl groups is 1. The van der Waals surface area contributed by atoms with Crippen molar-refractivity contribution in [2.24, 2.45) is 45.6 Å². The monoisotopic (exact) mass is 473 g/mol. The van der Waals surface area contributed by atoms with Crippen molar-refractivity contribution < 1.29 is 14.7 Å². The highest BCUT2D eigenvalue weighted by Gasteiger charge is 2.60. The van der Waals surface area contributed by atoms with E-state index in [9.17, 15) is 9.90 Å². The van der Waals surface area contributed by atoms with Crippen molar-refractivity contribution >= 4 is 11.8 Å². The van der Waals surface area contributed by atoms with E-state index in [4.69, 9.17) is 4.84 Å². The maximum Gasteiger partial charge on any atom is 0.435 e. The number of amides is 1. The van der Waals surface area contributed by atoms with E-state index in [-0.39, 0.29) is 17.6 Å². The van der Waals surface area contributed by atoms with Gasteiger partial charge in [0.05, 0.1) is 11.8 Å². The van der Waals surface area contributed by atoms with E-state index in [1.165, 1.54) is 44.9 Å². The van der Waals surface area contributed by atoms with Crippen molar-refractivity contribution in [3.05, 3.63) is 0 Å². The number of carbonyl (C=O) groups is 1. The molecule has 5 fully saturated rings. The molecule has 5 aliphatic rings. The second-order valence-corrected chi connectivity index (χ2v) is 13.0. The Morgan fingerprint density at radius 3 is 2.59 bits per heavy atom. The molecular weight excluding hydrogens is 426 g/mol. The third kappa shape index (κ3) is 4.21. The lowest BCUT2D eigenvalue weighted by atomic mass is 9.44. The molecule has 2 N–H and O–H groups in total. The minimum absolute atomic E-state index is 0.0746. The van der Waals surface area contributed by atoms with E-state index >= 15 is 0 Å². The zero-order valence-electron chi connectivity index (χ0n) is 21.9. The van der Waals surface area contributed by atoms with Crippen molar-refractivity contribution in [3.63, 3.8) is 0 Å². The fourth-order valence-electron chi connectivity index (χ4n) is 9.48. The number of carbonyl (C=O) groups excluding carboxylic acids is 1. The van der Waals surface area contributed by atoms with Crippen LogP contribution in [0, 0.1) is 40.4 Å². The molecule has 1 saturated heterocycles. The molecule has 0 aromatic carbocycles. The van der Waals surface area contributed by atoms with Crippen LogP contribution in [0.4, 0.5) is 4.79 Å². The van der Waals surface area contributed by atoms with Crippen molar-refractivity contribution in [2.45, 2.75) is 104 Å². The molecule has 6 heteroatoms. The summed E-state index contributed by atoms with van der Waals surface area (Å²) in [5.74, 6) is 3.48. The summed E-state index contributed by atoms with van der Waals surface area (Å²) in [7, 11) is 1.81. The number of hydrogen-bond acceptors (Lipinski definition) is 5.